The average Bonchev–Trinajstić information content (AvgIpc) is 3.11. The summed E-state index contributed by atoms with van der Waals surface area (Å²) in [6.07, 6.45) is 1.76. The number of benzene rings is 1. The van der Waals surface area contributed by atoms with Crippen LogP contribution in [0.2, 0.25) is 0 Å². The van der Waals surface area contributed by atoms with Gasteiger partial charge in [-0.2, -0.15) is 5.26 Å². The number of hydrogen-bond donors (Lipinski definition) is 0. The van der Waals surface area contributed by atoms with E-state index in [-0.39, 0.29) is 0 Å². The van der Waals surface area contributed by atoms with Crippen molar-refractivity contribution in [2.24, 2.45) is 0 Å². The molecule has 3 aromatic rings. The van der Waals surface area contributed by atoms with E-state index in [1.165, 1.54) is 11.1 Å². The van der Waals surface area contributed by atoms with Crippen molar-refractivity contribution in [2.45, 2.75) is 13.2 Å². The van der Waals surface area contributed by atoms with Crippen LogP contribution >= 0.6 is 0 Å². The van der Waals surface area contributed by atoms with Gasteiger partial charge in [0, 0.05) is 11.8 Å². The topological polar surface area (TPSA) is 63.2 Å². The molecule has 0 atom stereocenters. The minimum absolute atomic E-state index is 0.586. The van der Waals surface area contributed by atoms with Crippen LogP contribution in [0.4, 0.5) is 0 Å². The molecule has 20 heavy (non-hydrogen) atoms. The van der Waals surface area contributed by atoms with Gasteiger partial charge in [-0.15, -0.1) is 10.2 Å². The Morgan fingerprint density at radius 2 is 2.00 bits per heavy atom. The van der Waals surface area contributed by atoms with Crippen LogP contribution in [-0.2, 0) is 18.0 Å². The lowest BCUT2D eigenvalue weighted by Gasteiger charge is -2.03. The van der Waals surface area contributed by atoms with E-state index in [4.69, 9.17) is 10.00 Å². The van der Waals surface area contributed by atoms with Crippen molar-refractivity contribution in [3.63, 3.8) is 0 Å². The maximum absolute atomic E-state index is 9.00. The highest BCUT2D eigenvalue weighted by Gasteiger charge is 2.14. The van der Waals surface area contributed by atoms with Crippen LogP contribution in [0.5, 0.6) is 0 Å². The number of rotatable bonds is 1. The number of pyridine rings is 1. The number of nitriles is 1. The molecule has 0 amide bonds. The molecule has 0 saturated heterocycles. The fourth-order valence-electron chi connectivity index (χ4n) is 2.46. The Hall–Kier alpha value is -2.71. The molecule has 4 rings (SSSR count). The number of aromatic nitrogens is 3. The second-order valence-electron chi connectivity index (χ2n) is 4.76. The summed E-state index contributed by atoms with van der Waals surface area (Å²) in [6, 6.07) is 11.8. The lowest BCUT2D eigenvalue weighted by molar-refractivity contribution is 0.134. The van der Waals surface area contributed by atoms with Gasteiger partial charge in [0.25, 0.3) is 0 Å². The predicted molar refractivity (Wildman–Crippen MR) is 71.6 cm³/mol. The fourth-order valence-corrected chi connectivity index (χ4v) is 2.46. The first-order chi connectivity index (χ1) is 9.85. The van der Waals surface area contributed by atoms with Crippen molar-refractivity contribution in [1.82, 2.24) is 14.6 Å². The van der Waals surface area contributed by atoms with E-state index in [0.717, 1.165) is 17.0 Å². The van der Waals surface area contributed by atoms with Crippen molar-refractivity contribution < 1.29 is 4.74 Å². The molecule has 2 aromatic heterocycles. The second kappa shape index (κ2) is 4.15. The van der Waals surface area contributed by atoms with Crippen LogP contribution in [0.1, 0.15) is 16.7 Å². The monoisotopic (exact) mass is 262 g/mol. The zero-order valence-corrected chi connectivity index (χ0v) is 10.6. The van der Waals surface area contributed by atoms with Crippen molar-refractivity contribution in [2.75, 3.05) is 0 Å². The van der Waals surface area contributed by atoms with E-state index >= 15 is 0 Å². The van der Waals surface area contributed by atoms with Gasteiger partial charge in [0.15, 0.2) is 11.5 Å². The van der Waals surface area contributed by atoms with Gasteiger partial charge in [-0.3, -0.25) is 4.40 Å². The molecule has 1 aliphatic rings. The summed E-state index contributed by atoms with van der Waals surface area (Å²) < 4.78 is 7.27. The van der Waals surface area contributed by atoms with Crippen molar-refractivity contribution >= 4 is 5.65 Å². The maximum Gasteiger partial charge on any atom is 0.168 e. The Morgan fingerprint density at radius 1 is 1.10 bits per heavy atom. The summed E-state index contributed by atoms with van der Waals surface area (Å²) in [6.45, 7) is 1.32. The smallest absolute Gasteiger partial charge is 0.168 e. The van der Waals surface area contributed by atoms with Gasteiger partial charge in [0.2, 0.25) is 0 Å². The van der Waals surface area contributed by atoms with Crippen LogP contribution in [0.3, 0.4) is 0 Å². The predicted octanol–water partition coefficient (Wildman–Crippen LogP) is 2.30. The minimum Gasteiger partial charge on any atom is -0.372 e. The van der Waals surface area contributed by atoms with E-state index in [9.17, 15) is 0 Å². The van der Waals surface area contributed by atoms with E-state index in [2.05, 4.69) is 28.4 Å². The first-order valence-corrected chi connectivity index (χ1v) is 6.30. The van der Waals surface area contributed by atoms with Gasteiger partial charge in [-0.25, -0.2) is 0 Å². The molecule has 5 nitrogen and oxygen atoms in total. The van der Waals surface area contributed by atoms with Gasteiger partial charge in [-0.1, -0.05) is 12.1 Å². The van der Waals surface area contributed by atoms with E-state index in [1.807, 2.05) is 10.5 Å². The van der Waals surface area contributed by atoms with E-state index in [0.29, 0.717) is 18.8 Å². The molecule has 0 radical (unpaired) electrons. The molecule has 0 unspecified atom stereocenters. The lowest BCUT2D eigenvalue weighted by atomic mass is 10.1. The molecule has 0 N–H and O–H groups in total. The van der Waals surface area contributed by atoms with Crippen LogP contribution in [-0.4, -0.2) is 14.6 Å². The summed E-state index contributed by atoms with van der Waals surface area (Å²) in [7, 11) is 0. The molecule has 3 heterocycles. The summed E-state index contributed by atoms with van der Waals surface area (Å²) in [5.74, 6) is 0.742. The van der Waals surface area contributed by atoms with E-state index in [1.54, 1.807) is 18.3 Å². The van der Waals surface area contributed by atoms with Crippen molar-refractivity contribution in [3.05, 3.63) is 53.2 Å². The van der Waals surface area contributed by atoms with Crippen LogP contribution in [0, 0.1) is 11.3 Å². The molecule has 96 valence electrons. The fraction of sp³-hybridized carbons (Fsp3) is 0.133. The number of fused-ring (bicyclic) bond motifs is 2. The van der Waals surface area contributed by atoms with Gasteiger partial charge >= 0.3 is 0 Å². The number of nitrogens with zero attached hydrogens (tertiary/aromatic N) is 4. The third kappa shape index (κ3) is 1.59. The molecule has 5 heteroatoms. The molecule has 0 fully saturated rings. The van der Waals surface area contributed by atoms with Gasteiger partial charge in [0.05, 0.1) is 18.8 Å². The molecule has 0 spiro atoms. The Morgan fingerprint density at radius 3 is 2.90 bits per heavy atom. The van der Waals surface area contributed by atoms with Crippen LogP contribution in [0.25, 0.3) is 17.0 Å². The largest absolute Gasteiger partial charge is 0.372 e. The Bertz CT molecular complexity index is 860. The van der Waals surface area contributed by atoms with Crippen molar-refractivity contribution in [1.29, 1.82) is 5.26 Å². The minimum atomic E-state index is 0.586. The number of ether oxygens (including phenoxy) is 1. The third-order valence-electron chi connectivity index (χ3n) is 3.51. The van der Waals surface area contributed by atoms with Crippen molar-refractivity contribution in [3.8, 4) is 17.5 Å². The SMILES string of the molecule is N#Cc1ccc2nnc(-c3ccc4c(c3)COC4)n2c1. The summed E-state index contributed by atoms with van der Waals surface area (Å²) >= 11 is 0. The average molecular weight is 262 g/mol. The normalized spacial score (nSPS) is 13.3. The summed E-state index contributed by atoms with van der Waals surface area (Å²) in [4.78, 5) is 0. The first-order valence-electron chi connectivity index (χ1n) is 6.30. The quantitative estimate of drug-likeness (QED) is 0.675. The molecule has 0 saturated carbocycles. The molecule has 0 bridgehead atoms. The zero-order chi connectivity index (χ0) is 13.5. The highest BCUT2D eigenvalue weighted by molar-refractivity contribution is 5.62. The highest BCUT2D eigenvalue weighted by Crippen LogP contribution is 2.26. The molecular formula is C15H10N4O. The molecule has 1 aromatic carbocycles. The van der Waals surface area contributed by atoms with Gasteiger partial charge < -0.3 is 4.74 Å². The maximum atomic E-state index is 9.00. The summed E-state index contributed by atoms with van der Waals surface area (Å²) in [5, 5.41) is 17.4. The van der Waals surface area contributed by atoms with Gasteiger partial charge in [-0.05, 0) is 29.3 Å². The summed E-state index contributed by atoms with van der Waals surface area (Å²) in [5.41, 5.74) is 4.71. The standard InChI is InChI=1S/C15H10N4O/c16-6-10-1-4-14-17-18-15(19(14)7-10)11-2-3-12-8-20-9-13(12)5-11/h1-5,7H,8-9H2. The van der Waals surface area contributed by atoms with Crippen LogP contribution in [0.15, 0.2) is 36.5 Å². The highest BCUT2D eigenvalue weighted by atomic mass is 16.5. The molecule has 0 aliphatic carbocycles. The zero-order valence-electron chi connectivity index (χ0n) is 10.6. The number of hydrogen-bond acceptors (Lipinski definition) is 4. The van der Waals surface area contributed by atoms with Gasteiger partial charge in [0.1, 0.15) is 6.07 Å². The Kier molecular flexibility index (Phi) is 2.31. The first kappa shape index (κ1) is 11.1. The van der Waals surface area contributed by atoms with E-state index < -0.39 is 0 Å². The Balaban J connectivity index is 1.92. The molecular weight excluding hydrogens is 252 g/mol. The Labute approximate surface area is 115 Å². The third-order valence-corrected chi connectivity index (χ3v) is 3.51. The molecule has 1 aliphatic heterocycles. The second-order valence-corrected chi connectivity index (χ2v) is 4.76. The lowest BCUT2D eigenvalue weighted by Crippen LogP contribution is -1.92. The van der Waals surface area contributed by atoms with Crippen LogP contribution < -0.4 is 0 Å².